The van der Waals surface area contributed by atoms with Gasteiger partial charge >= 0.3 is 0 Å². The van der Waals surface area contributed by atoms with Crippen molar-refractivity contribution >= 4 is 11.9 Å². The predicted octanol–water partition coefficient (Wildman–Crippen LogP) is 2.46. The van der Waals surface area contributed by atoms with Crippen molar-refractivity contribution in [2.24, 2.45) is 16.8 Å². The number of likely N-dealkylation sites (tertiary alicyclic amines) is 1. The average Bonchev–Trinajstić information content (AvgIpc) is 3.05. The third-order valence-corrected chi connectivity index (χ3v) is 4.51. The van der Waals surface area contributed by atoms with Crippen molar-refractivity contribution in [3.8, 4) is 5.75 Å². The van der Waals surface area contributed by atoms with E-state index in [9.17, 15) is 9.90 Å². The first-order valence-corrected chi connectivity index (χ1v) is 9.60. The number of phenolic OH excluding ortho intramolecular Hbond substituents is 1. The number of aliphatic imine (C=N–C) groups is 1. The van der Waals surface area contributed by atoms with Crippen LogP contribution >= 0.6 is 0 Å². The summed E-state index contributed by atoms with van der Waals surface area (Å²) in [6.45, 7) is 10.6. The van der Waals surface area contributed by atoms with Crippen LogP contribution in [-0.2, 0) is 0 Å². The Bertz CT molecular complexity index is 598. The third-order valence-electron chi connectivity index (χ3n) is 4.51. The minimum absolute atomic E-state index is 0.150. The number of guanidine groups is 1. The van der Waals surface area contributed by atoms with Crippen LogP contribution in [0.5, 0.6) is 5.75 Å². The number of aromatic hydroxyl groups is 1. The zero-order chi connectivity index (χ0) is 18.9. The molecule has 144 valence electrons. The fraction of sp³-hybridized carbons (Fsp3) is 0.600. The highest BCUT2D eigenvalue weighted by Crippen LogP contribution is 2.23. The van der Waals surface area contributed by atoms with Crippen molar-refractivity contribution in [3.05, 3.63) is 29.8 Å². The van der Waals surface area contributed by atoms with Crippen LogP contribution in [0.2, 0.25) is 0 Å². The highest BCUT2D eigenvalue weighted by atomic mass is 16.3. The Morgan fingerprint density at radius 2 is 2.04 bits per heavy atom. The molecule has 26 heavy (non-hydrogen) atoms. The molecule has 0 aromatic heterocycles. The lowest BCUT2D eigenvalue weighted by Gasteiger charge is -2.22. The molecule has 6 heteroatoms. The van der Waals surface area contributed by atoms with Crippen LogP contribution in [0.3, 0.4) is 0 Å². The minimum atomic E-state index is -0.150. The van der Waals surface area contributed by atoms with Crippen LogP contribution in [0.25, 0.3) is 0 Å². The standard InChI is InChI=1S/C20H32N4O2/c1-4-21-20(24-12-9-16(14-24)13-15(2)3)23-11-10-22-19(26)17-5-7-18(25)8-6-17/h5-8,15-16,25H,4,9-14H2,1-3H3,(H,21,23)(H,22,26). The molecule has 0 radical (unpaired) electrons. The van der Waals surface area contributed by atoms with Crippen LogP contribution < -0.4 is 10.6 Å². The molecule has 1 aromatic rings. The Morgan fingerprint density at radius 1 is 1.31 bits per heavy atom. The van der Waals surface area contributed by atoms with Gasteiger partial charge in [-0.25, -0.2) is 0 Å². The summed E-state index contributed by atoms with van der Waals surface area (Å²) < 4.78 is 0. The van der Waals surface area contributed by atoms with E-state index in [-0.39, 0.29) is 11.7 Å². The van der Waals surface area contributed by atoms with Crippen molar-refractivity contribution < 1.29 is 9.90 Å². The Hall–Kier alpha value is -2.24. The SMILES string of the molecule is CCNC(=NCCNC(=O)c1ccc(O)cc1)N1CCC(CC(C)C)C1. The summed E-state index contributed by atoms with van der Waals surface area (Å²) in [7, 11) is 0. The zero-order valence-electron chi connectivity index (χ0n) is 16.2. The first-order valence-electron chi connectivity index (χ1n) is 9.60. The molecule has 2 rings (SSSR count). The molecule has 0 aliphatic carbocycles. The van der Waals surface area contributed by atoms with Gasteiger partial charge in [0.25, 0.3) is 5.91 Å². The smallest absolute Gasteiger partial charge is 0.251 e. The van der Waals surface area contributed by atoms with E-state index >= 15 is 0 Å². The number of hydrogen-bond acceptors (Lipinski definition) is 3. The monoisotopic (exact) mass is 360 g/mol. The maximum absolute atomic E-state index is 12.1. The first kappa shape index (κ1) is 20.1. The van der Waals surface area contributed by atoms with Gasteiger partial charge in [-0.15, -0.1) is 0 Å². The van der Waals surface area contributed by atoms with E-state index in [0.29, 0.717) is 18.7 Å². The van der Waals surface area contributed by atoms with Gasteiger partial charge in [-0.3, -0.25) is 9.79 Å². The fourth-order valence-electron chi connectivity index (χ4n) is 3.36. The average molecular weight is 361 g/mol. The molecule has 1 heterocycles. The van der Waals surface area contributed by atoms with Crippen LogP contribution in [0, 0.1) is 11.8 Å². The van der Waals surface area contributed by atoms with E-state index in [4.69, 9.17) is 0 Å². The summed E-state index contributed by atoms with van der Waals surface area (Å²) in [4.78, 5) is 19.1. The summed E-state index contributed by atoms with van der Waals surface area (Å²) in [5.74, 6) is 2.42. The number of nitrogens with zero attached hydrogens (tertiary/aromatic N) is 2. The van der Waals surface area contributed by atoms with Gasteiger partial charge in [-0.1, -0.05) is 13.8 Å². The van der Waals surface area contributed by atoms with Crippen molar-refractivity contribution in [3.63, 3.8) is 0 Å². The van der Waals surface area contributed by atoms with Gasteiger partial charge in [0.1, 0.15) is 5.75 Å². The van der Waals surface area contributed by atoms with Gasteiger partial charge in [0.2, 0.25) is 0 Å². The number of nitrogens with one attached hydrogen (secondary N) is 2. The highest BCUT2D eigenvalue weighted by molar-refractivity contribution is 5.94. The molecule has 0 saturated carbocycles. The maximum Gasteiger partial charge on any atom is 0.251 e. The van der Waals surface area contributed by atoms with Gasteiger partial charge in [0.05, 0.1) is 6.54 Å². The molecule has 1 atom stereocenters. The molecule has 1 aliphatic heterocycles. The van der Waals surface area contributed by atoms with E-state index in [2.05, 4.69) is 41.3 Å². The van der Waals surface area contributed by atoms with Crippen LogP contribution in [-0.4, -0.2) is 54.6 Å². The Labute approximate surface area is 156 Å². The van der Waals surface area contributed by atoms with Gasteiger partial charge in [0.15, 0.2) is 5.96 Å². The summed E-state index contributed by atoms with van der Waals surface area (Å²) in [6, 6.07) is 6.24. The molecule has 1 fully saturated rings. The molecule has 6 nitrogen and oxygen atoms in total. The first-order chi connectivity index (χ1) is 12.5. The quantitative estimate of drug-likeness (QED) is 0.397. The summed E-state index contributed by atoms with van der Waals surface area (Å²) in [5, 5.41) is 15.5. The van der Waals surface area contributed by atoms with Gasteiger partial charge < -0.3 is 20.6 Å². The lowest BCUT2D eigenvalue weighted by atomic mass is 9.97. The van der Waals surface area contributed by atoms with Crippen LogP contribution in [0.4, 0.5) is 0 Å². The molecular weight excluding hydrogens is 328 g/mol. The molecule has 1 amide bonds. The van der Waals surface area contributed by atoms with Crippen molar-refractivity contribution in [1.29, 1.82) is 0 Å². The van der Waals surface area contributed by atoms with Gasteiger partial charge in [0, 0.05) is 31.7 Å². The molecule has 1 saturated heterocycles. The number of phenols is 1. The largest absolute Gasteiger partial charge is 0.508 e. The topological polar surface area (TPSA) is 77.0 Å². The number of rotatable bonds is 7. The number of amides is 1. The normalized spacial score (nSPS) is 17.6. The van der Waals surface area contributed by atoms with Crippen molar-refractivity contribution in [2.45, 2.75) is 33.6 Å². The van der Waals surface area contributed by atoms with E-state index in [1.807, 2.05) is 0 Å². The van der Waals surface area contributed by atoms with Crippen molar-refractivity contribution in [2.75, 3.05) is 32.7 Å². The zero-order valence-corrected chi connectivity index (χ0v) is 16.2. The number of carbonyl (C=O) groups excluding carboxylic acids is 1. The molecule has 1 unspecified atom stereocenters. The molecule has 1 aromatic carbocycles. The number of carbonyl (C=O) groups is 1. The third kappa shape index (κ3) is 6.24. The van der Waals surface area contributed by atoms with E-state index in [1.165, 1.54) is 25.0 Å². The Balaban J connectivity index is 1.81. The lowest BCUT2D eigenvalue weighted by molar-refractivity contribution is 0.0955. The van der Waals surface area contributed by atoms with Gasteiger partial charge in [-0.2, -0.15) is 0 Å². The number of hydrogen-bond donors (Lipinski definition) is 3. The van der Waals surface area contributed by atoms with E-state index in [1.54, 1.807) is 12.1 Å². The predicted molar refractivity (Wildman–Crippen MR) is 106 cm³/mol. The maximum atomic E-state index is 12.1. The van der Waals surface area contributed by atoms with Crippen LogP contribution in [0.1, 0.15) is 44.0 Å². The second-order valence-corrected chi connectivity index (χ2v) is 7.27. The highest BCUT2D eigenvalue weighted by Gasteiger charge is 2.25. The Kier molecular flexibility index (Phi) is 7.75. The summed E-state index contributed by atoms with van der Waals surface area (Å²) >= 11 is 0. The molecular formula is C20H32N4O2. The van der Waals surface area contributed by atoms with Crippen molar-refractivity contribution in [1.82, 2.24) is 15.5 Å². The van der Waals surface area contributed by atoms with E-state index < -0.39 is 0 Å². The minimum Gasteiger partial charge on any atom is -0.508 e. The summed E-state index contributed by atoms with van der Waals surface area (Å²) in [5.41, 5.74) is 0.537. The van der Waals surface area contributed by atoms with Gasteiger partial charge in [-0.05, 0) is 55.9 Å². The molecule has 0 bridgehead atoms. The summed E-state index contributed by atoms with van der Waals surface area (Å²) in [6.07, 6.45) is 2.48. The molecule has 0 spiro atoms. The second kappa shape index (κ2) is 10.0. The lowest BCUT2D eigenvalue weighted by Crippen LogP contribution is -2.40. The molecule has 1 aliphatic rings. The molecule has 3 N–H and O–H groups in total. The Morgan fingerprint density at radius 3 is 2.69 bits per heavy atom. The second-order valence-electron chi connectivity index (χ2n) is 7.27. The van der Waals surface area contributed by atoms with E-state index in [0.717, 1.165) is 37.4 Å². The number of benzene rings is 1. The fourth-order valence-corrected chi connectivity index (χ4v) is 3.36. The van der Waals surface area contributed by atoms with Crippen LogP contribution in [0.15, 0.2) is 29.3 Å².